The predicted molar refractivity (Wildman–Crippen MR) is 96.0 cm³/mol. The minimum Gasteiger partial charge on any atom is -0.354 e. The molecule has 3 heterocycles. The lowest BCUT2D eigenvalue weighted by molar-refractivity contribution is 0.311. The summed E-state index contributed by atoms with van der Waals surface area (Å²) >= 11 is 1.75. The van der Waals surface area contributed by atoms with Crippen molar-refractivity contribution in [1.82, 2.24) is 20.2 Å². The number of hydrogen-bond acceptors (Lipinski definition) is 6. The van der Waals surface area contributed by atoms with Gasteiger partial charge in [-0.3, -0.25) is 0 Å². The molecule has 0 amide bonds. The first-order valence-electron chi connectivity index (χ1n) is 8.27. The van der Waals surface area contributed by atoms with Gasteiger partial charge in [-0.15, -0.1) is 11.3 Å². The molecule has 23 heavy (non-hydrogen) atoms. The Balaban J connectivity index is 1.59. The van der Waals surface area contributed by atoms with Crippen molar-refractivity contribution < 1.29 is 0 Å². The molecule has 0 aromatic carbocycles. The Morgan fingerprint density at radius 3 is 2.78 bits per heavy atom. The molecular weight excluding hydrogens is 306 g/mol. The van der Waals surface area contributed by atoms with Crippen LogP contribution in [0.3, 0.4) is 0 Å². The van der Waals surface area contributed by atoms with Crippen molar-refractivity contribution in [2.24, 2.45) is 0 Å². The fourth-order valence-corrected chi connectivity index (χ4v) is 3.53. The molecule has 0 unspecified atom stereocenters. The van der Waals surface area contributed by atoms with Gasteiger partial charge >= 0.3 is 0 Å². The number of nitrogens with zero attached hydrogens (tertiary/aromatic N) is 4. The monoisotopic (exact) mass is 331 g/mol. The summed E-state index contributed by atoms with van der Waals surface area (Å²) in [7, 11) is 2.18. The van der Waals surface area contributed by atoms with Crippen molar-refractivity contribution >= 4 is 17.2 Å². The Morgan fingerprint density at radius 1 is 1.22 bits per heavy atom. The predicted octanol–water partition coefficient (Wildman–Crippen LogP) is 2.14. The van der Waals surface area contributed by atoms with E-state index in [0.29, 0.717) is 0 Å². The average molecular weight is 331 g/mol. The van der Waals surface area contributed by atoms with E-state index in [2.05, 4.69) is 50.5 Å². The zero-order valence-electron chi connectivity index (χ0n) is 14.0. The van der Waals surface area contributed by atoms with E-state index in [9.17, 15) is 0 Å². The Hall–Kier alpha value is -1.50. The number of likely N-dealkylation sites (N-methyl/N-ethyl adjacent to an activating group) is 1. The molecule has 5 nitrogen and oxygen atoms in total. The van der Waals surface area contributed by atoms with Crippen LogP contribution in [0.5, 0.6) is 0 Å². The molecule has 0 spiro atoms. The van der Waals surface area contributed by atoms with Crippen molar-refractivity contribution in [3.63, 3.8) is 0 Å². The first kappa shape index (κ1) is 16.4. The molecule has 2 aromatic heterocycles. The summed E-state index contributed by atoms with van der Waals surface area (Å²) in [5, 5.41) is 6.87. The smallest absolute Gasteiger partial charge is 0.133 e. The molecule has 2 aromatic rings. The van der Waals surface area contributed by atoms with Crippen molar-refractivity contribution in [3.05, 3.63) is 40.0 Å². The average Bonchev–Trinajstić information content (AvgIpc) is 3.04. The third kappa shape index (κ3) is 4.28. The van der Waals surface area contributed by atoms with Crippen LogP contribution in [-0.4, -0.2) is 48.1 Å². The van der Waals surface area contributed by atoms with E-state index in [4.69, 9.17) is 0 Å². The van der Waals surface area contributed by atoms with Crippen molar-refractivity contribution in [1.29, 1.82) is 0 Å². The van der Waals surface area contributed by atoms with E-state index in [1.165, 1.54) is 10.6 Å². The molecule has 1 fully saturated rings. The molecule has 3 rings (SSSR count). The summed E-state index contributed by atoms with van der Waals surface area (Å²) in [5.41, 5.74) is 2.40. The fraction of sp³-hybridized carbons (Fsp3) is 0.529. The zero-order valence-corrected chi connectivity index (χ0v) is 14.8. The SMILES string of the molecule is CCc1nc(CNCc2cccnc2N2CCN(C)CC2)cs1. The van der Waals surface area contributed by atoms with Crippen LogP contribution in [0, 0.1) is 0 Å². The van der Waals surface area contributed by atoms with Crippen LogP contribution < -0.4 is 10.2 Å². The highest BCUT2D eigenvalue weighted by Gasteiger charge is 2.17. The maximum absolute atomic E-state index is 4.62. The van der Waals surface area contributed by atoms with E-state index in [0.717, 1.165) is 57.2 Å². The number of anilines is 1. The van der Waals surface area contributed by atoms with Crippen LogP contribution in [0.15, 0.2) is 23.7 Å². The molecule has 0 radical (unpaired) electrons. The maximum atomic E-state index is 4.62. The van der Waals surface area contributed by atoms with Gasteiger partial charge in [0.2, 0.25) is 0 Å². The Kier molecular flexibility index (Phi) is 5.59. The third-order valence-corrected chi connectivity index (χ3v) is 5.24. The van der Waals surface area contributed by atoms with E-state index in [-0.39, 0.29) is 0 Å². The molecular formula is C17H25N5S. The molecule has 1 aliphatic rings. The third-order valence-electron chi connectivity index (χ3n) is 4.19. The molecule has 6 heteroatoms. The number of aromatic nitrogens is 2. The first-order chi connectivity index (χ1) is 11.3. The van der Waals surface area contributed by atoms with Gasteiger partial charge in [-0.1, -0.05) is 13.0 Å². The molecule has 1 N–H and O–H groups in total. The van der Waals surface area contributed by atoms with E-state index in [1.807, 2.05) is 12.3 Å². The first-order valence-corrected chi connectivity index (χ1v) is 9.15. The molecule has 1 aliphatic heterocycles. The molecule has 0 saturated carbocycles. The van der Waals surface area contributed by atoms with Crippen LogP contribution in [0.1, 0.15) is 23.2 Å². The Labute approximate surface area is 142 Å². The van der Waals surface area contributed by atoms with Gasteiger partial charge in [0.25, 0.3) is 0 Å². The zero-order chi connectivity index (χ0) is 16.1. The summed E-state index contributed by atoms with van der Waals surface area (Å²) in [6.45, 7) is 8.08. The lowest BCUT2D eigenvalue weighted by atomic mass is 10.2. The van der Waals surface area contributed by atoms with Crippen LogP contribution in [0.2, 0.25) is 0 Å². The van der Waals surface area contributed by atoms with Gasteiger partial charge in [0.1, 0.15) is 5.82 Å². The van der Waals surface area contributed by atoms with E-state index in [1.54, 1.807) is 11.3 Å². The fourth-order valence-electron chi connectivity index (χ4n) is 2.79. The van der Waals surface area contributed by atoms with Gasteiger partial charge in [-0.25, -0.2) is 9.97 Å². The van der Waals surface area contributed by atoms with Gasteiger partial charge in [0.15, 0.2) is 0 Å². The number of nitrogens with one attached hydrogen (secondary N) is 1. The summed E-state index contributed by atoms with van der Waals surface area (Å²) in [5.74, 6) is 1.13. The second-order valence-electron chi connectivity index (χ2n) is 5.97. The quantitative estimate of drug-likeness (QED) is 0.879. The molecule has 124 valence electrons. The highest BCUT2D eigenvalue weighted by molar-refractivity contribution is 7.09. The number of thiazole rings is 1. The molecule has 0 atom stereocenters. The molecule has 1 saturated heterocycles. The van der Waals surface area contributed by atoms with Gasteiger partial charge in [-0.2, -0.15) is 0 Å². The largest absolute Gasteiger partial charge is 0.354 e. The Morgan fingerprint density at radius 2 is 2.04 bits per heavy atom. The van der Waals surface area contributed by atoms with Crippen molar-refractivity contribution in [2.45, 2.75) is 26.4 Å². The van der Waals surface area contributed by atoms with Crippen LogP contribution >= 0.6 is 11.3 Å². The topological polar surface area (TPSA) is 44.3 Å². The number of piperazine rings is 1. The lowest BCUT2D eigenvalue weighted by Gasteiger charge is -2.34. The highest BCUT2D eigenvalue weighted by Crippen LogP contribution is 2.19. The van der Waals surface area contributed by atoms with Crippen LogP contribution in [0.25, 0.3) is 0 Å². The number of rotatable bonds is 6. The normalized spacial score (nSPS) is 16.0. The minimum atomic E-state index is 0.813. The van der Waals surface area contributed by atoms with Crippen LogP contribution in [0.4, 0.5) is 5.82 Å². The van der Waals surface area contributed by atoms with Gasteiger partial charge in [0, 0.05) is 56.4 Å². The van der Waals surface area contributed by atoms with Gasteiger partial charge < -0.3 is 15.1 Å². The van der Waals surface area contributed by atoms with Gasteiger partial charge in [-0.05, 0) is 19.5 Å². The second-order valence-corrected chi connectivity index (χ2v) is 6.91. The summed E-state index contributed by atoms with van der Waals surface area (Å²) in [6, 6.07) is 4.20. The summed E-state index contributed by atoms with van der Waals surface area (Å²) in [4.78, 5) is 14.0. The van der Waals surface area contributed by atoms with Crippen LogP contribution in [-0.2, 0) is 19.5 Å². The van der Waals surface area contributed by atoms with Crippen molar-refractivity contribution in [3.8, 4) is 0 Å². The Bertz CT molecular complexity index is 619. The summed E-state index contributed by atoms with van der Waals surface area (Å²) in [6.07, 6.45) is 2.91. The molecule has 0 bridgehead atoms. The number of hydrogen-bond donors (Lipinski definition) is 1. The second kappa shape index (κ2) is 7.86. The number of pyridine rings is 1. The van der Waals surface area contributed by atoms with E-state index >= 15 is 0 Å². The summed E-state index contributed by atoms with van der Waals surface area (Å²) < 4.78 is 0. The minimum absolute atomic E-state index is 0.813. The highest BCUT2D eigenvalue weighted by atomic mass is 32.1. The maximum Gasteiger partial charge on any atom is 0.133 e. The molecule has 0 aliphatic carbocycles. The van der Waals surface area contributed by atoms with E-state index < -0.39 is 0 Å². The standard InChI is InChI=1S/C17H25N5S/c1-3-16-20-15(13-23-16)12-18-11-14-5-4-6-19-17(14)22-9-7-21(2)8-10-22/h4-6,13,18H,3,7-12H2,1-2H3. The number of aryl methyl sites for hydroxylation is 1. The van der Waals surface area contributed by atoms with Crippen molar-refractivity contribution in [2.75, 3.05) is 38.1 Å². The van der Waals surface area contributed by atoms with Gasteiger partial charge in [0.05, 0.1) is 10.7 Å². The lowest BCUT2D eigenvalue weighted by Crippen LogP contribution is -2.45.